The topological polar surface area (TPSA) is 397 Å². The van der Waals surface area contributed by atoms with Crippen molar-refractivity contribution in [1.29, 1.82) is 0 Å². The molecule has 1 aromatic rings. The number of hydrogen-bond donors (Lipinski definition) is 17. The lowest BCUT2D eigenvalue weighted by molar-refractivity contribution is -0.132. The quantitative estimate of drug-likeness (QED) is 0.00960. The molecule has 1 rings (SSSR count). The summed E-state index contributed by atoms with van der Waals surface area (Å²) in [4.78, 5) is 19.4. The van der Waals surface area contributed by atoms with Crippen LogP contribution in [0.4, 0.5) is 0 Å². The van der Waals surface area contributed by atoms with Gasteiger partial charge in [-0.2, -0.15) is 0 Å². The first-order valence-corrected chi connectivity index (χ1v) is 31.2. The molecule has 0 radical (unpaired) electrons. The van der Waals surface area contributed by atoms with Gasteiger partial charge in [-0.15, -0.1) is 0 Å². The molecule has 0 bridgehead atoms. The zero-order valence-electron chi connectivity index (χ0n) is 53.0. The highest BCUT2D eigenvalue weighted by Gasteiger charge is 2.29. The number of aliphatic imine (C=N–C) groups is 2. The van der Waals surface area contributed by atoms with Crippen LogP contribution in [-0.4, -0.2) is 186 Å². The van der Waals surface area contributed by atoms with Crippen LogP contribution < -0.4 is 11.5 Å². The smallest absolute Gasteiger partial charge is 0.331 e. The number of aliphatic hydroxyl groups is 14. The molecule has 20 nitrogen and oxygen atoms in total. The van der Waals surface area contributed by atoms with Crippen LogP contribution in [0.15, 0.2) is 186 Å². The summed E-state index contributed by atoms with van der Waals surface area (Å²) in [5.74, 6) is -2.00. The van der Waals surface area contributed by atoms with Gasteiger partial charge in [0.05, 0.1) is 85.9 Å². The van der Waals surface area contributed by atoms with Crippen LogP contribution in [0.25, 0.3) is 0 Å². The molecule has 0 aliphatic heterocycles. The van der Waals surface area contributed by atoms with E-state index < -0.39 is 103 Å². The Morgan fingerprint density at radius 1 is 0.500 bits per heavy atom. The molecule has 0 amide bonds. The molecule has 0 saturated carbocycles. The van der Waals surface area contributed by atoms with Crippen LogP contribution in [0.5, 0.6) is 0 Å². The Morgan fingerprint density at radius 3 is 1.61 bits per heavy atom. The molecule has 0 aromatic heterocycles. The highest BCUT2D eigenvalue weighted by molar-refractivity contribution is 5.87. The summed E-state index contributed by atoms with van der Waals surface area (Å²) in [5.41, 5.74) is 12.3. The number of nitrogens with zero attached hydrogens (tertiary/aromatic N) is 2. The molecule has 1 aromatic carbocycles. The van der Waals surface area contributed by atoms with E-state index in [0.717, 1.165) is 18.4 Å². The number of carbonyl (C=O) groups is 1. The summed E-state index contributed by atoms with van der Waals surface area (Å²) in [6.45, 7) is 7.72. The molecule has 0 saturated heterocycles. The van der Waals surface area contributed by atoms with Crippen molar-refractivity contribution in [2.75, 3.05) is 6.54 Å². The Bertz CT molecular complexity index is 2520. The summed E-state index contributed by atoms with van der Waals surface area (Å²) in [6, 6.07) is 9.57. The number of aliphatic hydroxyl groups excluding tert-OH is 14. The minimum atomic E-state index is -1.70. The van der Waals surface area contributed by atoms with Crippen molar-refractivity contribution < 1.29 is 81.4 Å². The summed E-state index contributed by atoms with van der Waals surface area (Å²) >= 11 is 0. The average Bonchev–Trinajstić information content (AvgIpc) is 2.87. The van der Waals surface area contributed by atoms with Crippen LogP contribution in [0.3, 0.4) is 0 Å². The Labute approximate surface area is 533 Å². The van der Waals surface area contributed by atoms with Crippen LogP contribution in [0.1, 0.15) is 123 Å². The number of carboxylic acid groups (broad SMARTS) is 1. The Morgan fingerprint density at radius 2 is 1.01 bits per heavy atom. The fourth-order valence-corrected chi connectivity index (χ4v) is 9.15. The third-order valence-corrected chi connectivity index (χ3v) is 14.7. The Kier molecular flexibility index (Phi) is 45.2. The van der Waals surface area contributed by atoms with E-state index in [4.69, 9.17) is 21.6 Å². The van der Waals surface area contributed by atoms with Crippen molar-refractivity contribution in [3.05, 3.63) is 181 Å². The van der Waals surface area contributed by atoms with E-state index in [1.165, 1.54) is 31.2 Å². The molecular formula is C70H108N4O16. The molecule has 90 heavy (non-hydrogen) atoms. The van der Waals surface area contributed by atoms with E-state index in [1.54, 1.807) is 43.4 Å². The van der Waals surface area contributed by atoms with Crippen molar-refractivity contribution in [2.24, 2.45) is 39.2 Å². The molecule has 19 N–H and O–H groups in total. The van der Waals surface area contributed by atoms with E-state index in [2.05, 4.69) is 4.99 Å². The van der Waals surface area contributed by atoms with Gasteiger partial charge < -0.3 is 88.1 Å². The average molecular weight is 1260 g/mol. The maximum Gasteiger partial charge on any atom is 0.331 e. The lowest BCUT2D eigenvalue weighted by atomic mass is 9.88. The van der Waals surface area contributed by atoms with Gasteiger partial charge >= 0.3 is 5.97 Å². The number of guanidine groups is 1. The molecule has 0 heterocycles. The third-order valence-electron chi connectivity index (χ3n) is 14.7. The first-order chi connectivity index (χ1) is 42.8. The molecule has 0 aliphatic carbocycles. The molecule has 17 atom stereocenters. The van der Waals surface area contributed by atoms with Gasteiger partial charge in [0.15, 0.2) is 5.96 Å². The van der Waals surface area contributed by atoms with Gasteiger partial charge in [0.2, 0.25) is 0 Å². The number of rotatable bonds is 48. The maximum absolute atomic E-state index is 11.2. The van der Waals surface area contributed by atoms with Gasteiger partial charge in [0.25, 0.3) is 0 Å². The monoisotopic (exact) mass is 1260 g/mol. The van der Waals surface area contributed by atoms with Crippen LogP contribution >= 0.6 is 0 Å². The largest absolute Gasteiger partial charge is 0.478 e. The number of unbranched alkanes of at least 4 members (excludes halogenated alkanes) is 1. The molecule has 17 unspecified atom stereocenters. The second-order valence-corrected chi connectivity index (χ2v) is 23.0. The van der Waals surface area contributed by atoms with Gasteiger partial charge in [-0.1, -0.05) is 191 Å². The van der Waals surface area contributed by atoms with Gasteiger partial charge in [0, 0.05) is 67.7 Å². The first kappa shape index (κ1) is 82.0. The second kappa shape index (κ2) is 49.6. The standard InChI is InChI=1S/C70H108N4O16/c1-49(29-20-15-11-10-12-16-21-30-50(2)69(89)90)67(87)52(4)64(84)39-25-18-14-9-7-5-6-8-13-17-24-38-63(83)51(3)62(74-48-53-31-22-19-23-32-53)45-60(81)43-56(77)34-26-33-54(75)41-59(80)42-55(76)35-27-36-58(79)46-65(85)68(88)66(86)47-61(82)44-57(78)37-28-40-73-70(71)72/h5-10,12-14,16-27,29-32,34-35,39,49,51-52,54-61,63-68,75-88H,11,15,28,33,36-38,40-48H2,1-4H3,(H,89,90)(H4,71,72,73). The maximum atomic E-state index is 11.2. The van der Waals surface area contributed by atoms with E-state index in [1.807, 2.05) is 123 Å². The summed E-state index contributed by atoms with van der Waals surface area (Å²) in [5, 5.41) is 157. The van der Waals surface area contributed by atoms with Crippen LogP contribution in [0, 0.1) is 17.8 Å². The number of hydrogen-bond acceptors (Lipinski definition) is 17. The fraction of sp³-hybridized carbons (Fsp3) is 0.529. The van der Waals surface area contributed by atoms with Crippen molar-refractivity contribution in [2.45, 2.75) is 210 Å². The normalized spacial score (nSPS) is 19.2. The van der Waals surface area contributed by atoms with Crippen molar-refractivity contribution in [3.63, 3.8) is 0 Å². The molecule has 0 aliphatic rings. The number of nitrogens with two attached hydrogens (primary N) is 2. The van der Waals surface area contributed by atoms with Crippen molar-refractivity contribution >= 4 is 17.6 Å². The van der Waals surface area contributed by atoms with Crippen molar-refractivity contribution in [1.82, 2.24) is 0 Å². The van der Waals surface area contributed by atoms with Gasteiger partial charge in [-0.25, -0.2) is 4.79 Å². The zero-order chi connectivity index (χ0) is 67.2. The Hall–Kier alpha value is -6.05. The highest BCUT2D eigenvalue weighted by Crippen LogP contribution is 2.22. The summed E-state index contributed by atoms with van der Waals surface area (Å²) < 4.78 is 0. The first-order valence-electron chi connectivity index (χ1n) is 31.2. The van der Waals surface area contributed by atoms with Gasteiger partial charge in [-0.05, 0) is 70.3 Å². The van der Waals surface area contributed by atoms with Gasteiger partial charge in [-0.3, -0.25) is 9.98 Å². The van der Waals surface area contributed by atoms with E-state index >= 15 is 0 Å². The minimum Gasteiger partial charge on any atom is -0.478 e. The van der Waals surface area contributed by atoms with E-state index in [-0.39, 0.29) is 75.2 Å². The molecule has 0 spiro atoms. The lowest BCUT2D eigenvalue weighted by Crippen LogP contribution is -2.41. The van der Waals surface area contributed by atoms with Crippen LogP contribution in [0.2, 0.25) is 0 Å². The summed E-state index contributed by atoms with van der Waals surface area (Å²) in [7, 11) is 0. The minimum absolute atomic E-state index is 0.0438. The Balaban J connectivity index is 2.58. The molecule has 0 fully saturated rings. The summed E-state index contributed by atoms with van der Waals surface area (Å²) in [6.07, 6.45) is 26.1. The second-order valence-electron chi connectivity index (χ2n) is 23.0. The fourth-order valence-electron chi connectivity index (χ4n) is 9.15. The molecular weight excluding hydrogens is 1150 g/mol. The predicted octanol–water partition coefficient (Wildman–Crippen LogP) is 5.47. The van der Waals surface area contributed by atoms with Gasteiger partial charge in [0.1, 0.15) is 6.10 Å². The number of aliphatic carboxylic acids is 1. The van der Waals surface area contributed by atoms with Crippen LogP contribution in [-0.2, 0) is 11.3 Å². The highest BCUT2D eigenvalue weighted by atomic mass is 16.4. The predicted molar refractivity (Wildman–Crippen MR) is 356 cm³/mol. The van der Waals surface area contributed by atoms with Crippen molar-refractivity contribution in [3.8, 4) is 0 Å². The SMILES string of the molecule is CC(=CC=CC=CCCC=CC(C)C(O)C(C)C(O)C=CC=CC=CC=CC=CC=CCC(O)C(C)C(CC(O)CC(O)C=CCC(O)CC(O)CC(O)C=CCC(O)CC(O)C(O)C(O)CC(O)CC(O)CCCN=C(N)N)=NCc1ccccc1)C(=O)O. The molecule has 20 heteroatoms. The van der Waals surface area contributed by atoms with E-state index in [0.29, 0.717) is 38.1 Å². The van der Waals surface area contributed by atoms with E-state index in [9.17, 15) is 76.3 Å². The lowest BCUT2D eigenvalue weighted by Gasteiger charge is -2.26. The zero-order valence-corrected chi connectivity index (χ0v) is 53.0. The number of benzene rings is 1. The molecule has 504 valence electrons. The third kappa shape index (κ3) is 41.4. The number of allylic oxidation sites excluding steroid dienone is 16. The number of carboxylic acids is 1.